The van der Waals surface area contributed by atoms with E-state index in [1.54, 1.807) is 30.3 Å². The molecule has 0 aliphatic rings. The van der Waals surface area contributed by atoms with Crippen molar-refractivity contribution in [3.63, 3.8) is 0 Å². The Hall–Kier alpha value is -3.37. The first kappa shape index (κ1) is 30.2. The molecule has 2 amide bonds. The third-order valence-corrected chi connectivity index (χ3v) is 8.81. The van der Waals surface area contributed by atoms with E-state index in [1.807, 2.05) is 45.0 Å². The van der Waals surface area contributed by atoms with E-state index in [9.17, 15) is 18.0 Å². The Morgan fingerprint density at radius 1 is 0.974 bits per heavy atom. The highest BCUT2D eigenvalue weighted by molar-refractivity contribution is 9.10. The zero-order valence-corrected chi connectivity index (χ0v) is 25.2. The van der Waals surface area contributed by atoms with Crippen LogP contribution in [0.3, 0.4) is 0 Å². The molecule has 3 aromatic rings. The Kier molecular flexibility index (Phi) is 10.2. The Morgan fingerprint density at radius 3 is 2.08 bits per heavy atom. The molecule has 0 aromatic heterocycles. The highest BCUT2D eigenvalue weighted by atomic mass is 79.9. The van der Waals surface area contributed by atoms with Crippen molar-refractivity contribution in [2.75, 3.05) is 25.0 Å². The topological polar surface area (TPSA) is 96.0 Å². The van der Waals surface area contributed by atoms with Crippen LogP contribution in [0.15, 0.2) is 76.1 Å². The number of carbonyl (C=O) groups excluding carboxylic acids is 2. The van der Waals surface area contributed by atoms with Crippen molar-refractivity contribution < 1.29 is 22.7 Å². The van der Waals surface area contributed by atoms with Gasteiger partial charge in [0.1, 0.15) is 18.3 Å². The van der Waals surface area contributed by atoms with E-state index >= 15 is 0 Å². The van der Waals surface area contributed by atoms with Crippen molar-refractivity contribution in [3.05, 3.63) is 87.9 Å². The molecule has 3 rings (SSSR count). The number of aryl methyl sites for hydroxylation is 2. The predicted molar refractivity (Wildman–Crippen MR) is 156 cm³/mol. The van der Waals surface area contributed by atoms with Crippen LogP contribution in [0.1, 0.15) is 30.0 Å². The number of ether oxygens (including phenoxy) is 1. The second kappa shape index (κ2) is 13.1. The third-order valence-electron chi connectivity index (χ3n) is 6.42. The minimum atomic E-state index is -4.18. The van der Waals surface area contributed by atoms with E-state index in [0.29, 0.717) is 22.3 Å². The summed E-state index contributed by atoms with van der Waals surface area (Å²) < 4.78 is 34.7. The lowest BCUT2D eigenvalue weighted by Gasteiger charge is -2.33. The van der Waals surface area contributed by atoms with Crippen LogP contribution in [0.4, 0.5) is 5.69 Å². The number of methoxy groups -OCH3 is 1. The molecule has 8 nitrogen and oxygen atoms in total. The standard InChI is InChI=1S/C29H34BrN3O5S/c1-6-26(29(35)31-4)32(18-22-11-7-20(2)8-12-22)28(34)19-33(23-13-9-21(3)10-14-23)39(36,37)24-15-16-27(38-5)25(30)17-24/h7-17,26H,6,18-19H2,1-5H3,(H,31,35)/t26-/m0/s1. The summed E-state index contributed by atoms with van der Waals surface area (Å²) in [4.78, 5) is 28.2. The van der Waals surface area contributed by atoms with Gasteiger partial charge in [0, 0.05) is 13.6 Å². The van der Waals surface area contributed by atoms with Gasteiger partial charge in [0.05, 0.1) is 22.2 Å². The van der Waals surface area contributed by atoms with Gasteiger partial charge in [0.25, 0.3) is 10.0 Å². The van der Waals surface area contributed by atoms with E-state index in [4.69, 9.17) is 4.74 Å². The molecular weight excluding hydrogens is 582 g/mol. The van der Waals surface area contributed by atoms with E-state index in [-0.39, 0.29) is 17.3 Å². The van der Waals surface area contributed by atoms with Gasteiger partial charge in [0.15, 0.2) is 0 Å². The minimum Gasteiger partial charge on any atom is -0.496 e. The number of carbonyl (C=O) groups is 2. The van der Waals surface area contributed by atoms with E-state index in [2.05, 4.69) is 21.2 Å². The molecule has 1 N–H and O–H groups in total. The summed E-state index contributed by atoms with van der Waals surface area (Å²) in [5, 5.41) is 2.63. The van der Waals surface area contributed by atoms with Crippen LogP contribution in [0.5, 0.6) is 5.75 Å². The summed E-state index contributed by atoms with van der Waals surface area (Å²) in [7, 11) is -1.17. The number of amides is 2. The average Bonchev–Trinajstić information content (AvgIpc) is 2.92. The number of benzene rings is 3. The molecule has 0 aliphatic carbocycles. The van der Waals surface area contributed by atoms with Crippen molar-refractivity contribution in [2.24, 2.45) is 0 Å². The molecule has 0 heterocycles. The first-order valence-electron chi connectivity index (χ1n) is 12.5. The first-order valence-corrected chi connectivity index (χ1v) is 14.7. The van der Waals surface area contributed by atoms with Crippen LogP contribution in [0.2, 0.25) is 0 Å². The molecule has 1 atom stereocenters. The molecule has 39 heavy (non-hydrogen) atoms. The first-order chi connectivity index (χ1) is 18.5. The van der Waals surface area contributed by atoms with Gasteiger partial charge in [-0.15, -0.1) is 0 Å². The number of hydrogen-bond donors (Lipinski definition) is 1. The monoisotopic (exact) mass is 615 g/mol. The Labute approximate surface area is 239 Å². The second-order valence-electron chi connectivity index (χ2n) is 9.19. The fourth-order valence-corrected chi connectivity index (χ4v) is 6.28. The van der Waals surface area contributed by atoms with Gasteiger partial charge in [0.2, 0.25) is 11.8 Å². The number of hydrogen-bond acceptors (Lipinski definition) is 5. The number of nitrogens with zero attached hydrogens (tertiary/aromatic N) is 2. The zero-order chi connectivity index (χ0) is 28.7. The average molecular weight is 617 g/mol. The number of nitrogens with one attached hydrogen (secondary N) is 1. The Bertz CT molecular complexity index is 1410. The molecule has 0 spiro atoms. The van der Waals surface area contributed by atoms with E-state index in [0.717, 1.165) is 21.0 Å². The summed E-state index contributed by atoms with van der Waals surface area (Å²) in [5.74, 6) is -0.336. The fraction of sp³-hybridized carbons (Fsp3) is 0.310. The van der Waals surface area contributed by atoms with E-state index < -0.39 is 28.5 Å². The number of halogens is 1. The number of sulfonamides is 1. The Morgan fingerprint density at radius 2 is 1.56 bits per heavy atom. The van der Waals surface area contributed by atoms with Crippen molar-refractivity contribution in [1.29, 1.82) is 0 Å². The van der Waals surface area contributed by atoms with Crippen molar-refractivity contribution >= 4 is 43.5 Å². The van der Waals surface area contributed by atoms with Gasteiger partial charge >= 0.3 is 0 Å². The molecule has 3 aromatic carbocycles. The summed E-state index contributed by atoms with van der Waals surface area (Å²) in [5.41, 5.74) is 3.18. The molecule has 10 heteroatoms. The largest absolute Gasteiger partial charge is 0.496 e. The zero-order valence-electron chi connectivity index (χ0n) is 22.8. The summed E-state index contributed by atoms with van der Waals surface area (Å²) in [6.45, 7) is 5.34. The van der Waals surface area contributed by atoms with Crippen molar-refractivity contribution in [2.45, 2.75) is 44.7 Å². The van der Waals surface area contributed by atoms with Gasteiger partial charge in [-0.1, -0.05) is 54.4 Å². The van der Waals surface area contributed by atoms with Crippen LogP contribution in [-0.4, -0.2) is 51.9 Å². The smallest absolute Gasteiger partial charge is 0.264 e. The molecule has 208 valence electrons. The Balaban J connectivity index is 2.07. The third kappa shape index (κ3) is 7.19. The number of likely N-dealkylation sites (N-methyl/N-ethyl adjacent to an activating group) is 1. The second-order valence-corrected chi connectivity index (χ2v) is 11.9. The molecule has 0 fully saturated rings. The maximum Gasteiger partial charge on any atom is 0.264 e. The summed E-state index contributed by atoms with van der Waals surface area (Å²) in [6.07, 6.45) is 0.361. The maximum absolute atomic E-state index is 14.0. The summed E-state index contributed by atoms with van der Waals surface area (Å²) >= 11 is 3.36. The van der Waals surface area contributed by atoms with Crippen molar-refractivity contribution in [3.8, 4) is 5.75 Å². The SMILES string of the molecule is CC[C@@H](C(=O)NC)N(Cc1ccc(C)cc1)C(=O)CN(c1ccc(C)cc1)S(=O)(=O)c1ccc(OC)c(Br)c1. The lowest BCUT2D eigenvalue weighted by atomic mass is 10.1. The fourth-order valence-electron chi connectivity index (χ4n) is 4.15. The quantitative estimate of drug-likeness (QED) is 0.333. The van der Waals surface area contributed by atoms with Gasteiger partial charge in [-0.2, -0.15) is 0 Å². The molecule has 0 saturated carbocycles. The highest BCUT2D eigenvalue weighted by Crippen LogP contribution is 2.31. The normalized spacial score (nSPS) is 11.9. The molecular formula is C29H34BrN3O5S. The molecule has 0 aliphatic heterocycles. The molecule has 0 saturated heterocycles. The van der Waals surface area contributed by atoms with Crippen LogP contribution in [-0.2, 0) is 26.2 Å². The van der Waals surface area contributed by atoms with Gasteiger partial charge < -0.3 is 15.0 Å². The van der Waals surface area contributed by atoms with Crippen LogP contribution in [0.25, 0.3) is 0 Å². The molecule has 0 unspecified atom stereocenters. The van der Waals surface area contributed by atoms with Gasteiger partial charge in [-0.25, -0.2) is 8.42 Å². The van der Waals surface area contributed by atoms with Crippen molar-refractivity contribution in [1.82, 2.24) is 10.2 Å². The predicted octanol–water partition coefficient (Wildman–Crippen LogP) is 4.82. The van der Waals surface area contributed by atoms with Gasteiger partial charge in [-0.05, 0) is 72.1 Å². The van der Waals surface area contributed by atoms with Crippen LogP contribution < -0.4 is 14.4 Å². The number of anilines is 1. The molecule has 0 radical (unpaired) electrons. The van der Waals surface area contributed by atoms with Crippen LogP contribution in [0, 0.1) is 13.8 Å². The minimum absolute atomic E-state index is 0.00743. The lowest BCUT2D eigenvalue weighted by molar-refractivity contribution is -0.140. The van der Waals surface area contributed by atoms with E-state index in [1.165, 1.54) is 31.2 Å². The molecule has 0 bridgehead atoms. The number of rotatable bonds is 11. The van der Waals surface area contributed by atoms with Gasteiger partial charge in [-0.3, -0.25) is 13.9 Å². The lowest BCUT2D eigenvalue weighted by Crippen LogP contribution is -2.51. The maximum atomic E-state index is 14.0. The highest BCUT2D eigenvalue weighted by Gasteiger charge is 2.33. The summed E-state index contributed by atoms with van der Waals surface area (Å²) in [6, 6.07) is 18.2. The van der Waals surface area contributed by atoms with Crippen LogP contribution >= 0.6 is 15.9 Å².